The first-order chi connectivity index (χ1) is 6.84. The maximum Gasteiger partial charge on any atom is 0.280 e. The molecule has 1 unspecified atom stereocenters. The average Bonchev–Trinajstić information content (AvgIpc) is 2.07. The second-order valence-corrected chi connectivity index (χ2v) is 5.51. The summed E-state index contributed by atoms with van der Waals surface area (Å²) in [4.78, 5) is 11.3. The Bertz CT molecular complexity index is 339. The number of nitrogens with zero attached hydrogens (tertiary/aromatic N) is 1. The minimum Gasteiger partial charge on any atom is -0.353 e. The van der Waals surface area contributed by atoms with E-state index < -0.39 is 16.3 Å². The molecule has 0 spiro atoms. The number of piperazine rings is 1. The van der Waals surface area contributed by atoms with Gasteiger partial charge in [0.1, 0.15) is 6.04 Å². The summed E-state index contributed by atoms with van der Waals surface area (Å²) in [5, 5.41) is 2.61. The quantitative estimate of drug-likeness (QED) is 0.662. The summed E-state index contributed by atoms with van der Waals surface area (Å²) in [6.45, 7) is 5.74. The van der Waals surface area contributed by atoms with Crippen LogP contribution in [-0.4, -0.2) is 43.8 Å². The smallest absolute Gasteiger partial charge is 0.280 e. The molecular formula is C8H17N3O3S. The molecule has 2 N–H and O–H groups in total. The molecule has 7 heteroatoms. The SMILES string of the molecule is CC(C)NS(=O)(=O)N1CCNC(=O)C1C. The lowest BCUT2D eigenvalue weighted by atomic mass is 10.2. The highest BCUT2D eigenvalue weighted by Gasteiger charge is 2.34. The normalized spacial score (nSPS) is 24.3. The van der Waals surface area contributed by atoms with Gasteiger partial charge in [0, 0.05) is 19.1 Å². The molecule has 1 rings (SSSR count). The first-order valence-electron chi connectivity index (χ1n) is 4.91. The number of rotatable bonds is 3. The van der Waals surface area contributed by atoms with Gasteiger partial charge in [0.15, 0.2) is 0 Å². The van der Waals surface area contributed by atoms with Gasteiger partial charge in [-0.3, -0.25) is 4.79 Å². The van der Waals surface area contributed by atoms with Crippen molar-refractivity contribution in [2.24, 2.45) is 0 Å². The van der Waals surface area contributed by atoms with Crippen molar-refractivity contribution in [3.05, 3.63) is 0 Å². The zero-order valence-corrected chi connectivity index (χ0v) is 9.97. The van der Waals surface area contributed by atoms with Gasteiger partial charge in [-0.05, 0) is 20.8 Å². The van der Waals surface area contributed by atoms with Crippen molar-refractivity contribution in [2.45, 2.75) is 32.9 Å². The molecular weight excluding hydrogens is 218 g/mol. The summed E-state index contributed by atoms with van der Waals surface area (Å²) < 4.78 is 27.2. The molecule has 15 heavy (non-hydrogen) atoms. The molecule has 0 aromatic heterocycles. The van der Waals surface area contributed by atoms with Crippen LogP contribution in [0.3, 0.4) is 0 Å². The van der Waals surface area contributed by atoms with E-state index in [-0.39, 0.29) is 11.9 Å². The molecule has 0 bridgehead atoms. The summed E-state index contributed by atoms with van der Waals surface area (Å²) in [5.74, 6) is -0.254. The van der Waals surface area contributed by atoms with Gasteiger partial charge in [0.2, 0.25) is 5.91 Å². The molecule has 1 saturated heterocycles. The molecule has 1 atom stereocenters. The highest BCUT2D eigenvalue weighted by Crippen LogP contribution is 2.09. The van der Waals surface area contributed by atoms with Crippen LogP contribution in [0.4, 0.5) is 0 Å². The van der Waals surface area contributed by atoms with Crippen molar-refractivity contribution in [1.82, 2.24) is 14.3 Å². The first-order valence-corrected chi connectivity index (χ1v) is 6.35. The van der Waals surface area contributed by atoms with Crippen LogP contribution in [0.15, 0.2) is 0 Å². The maximum absolute atomic E-state index is 11.8. The summed E-state index contributed by atoms with van der Waals surface area (Å²) >= 11 is 0. The first kappa shape index (κ1) is 12.4. The molecule has 0 saturated carbocycles. The standard InChI is InChI=1S/C8H17N3O3S/c1-6(2)10-15(13,14)11-5-4-9-8(12)7(11)3/h6-7,10H,4-5H2,1-3H3,(H,9,12). The van der Waals surface area contributed by atoms with E-state index in [1.165, 1.54) is 4.31 Å². The third-order valence-corrected chi connectivity index (χ3v) is 4.02. The minimum atomic E-state index is -3.54. The van der Waals surface area contributed by atoms with E-state index in [1.54, 1.807) is 20.8 Å². The van der Waals surface area contributed by atoms with Crippen molar-refractivity contribution in [1.29, 1.82) is 0 Å². The van der Waals surface area contributed by atoms with Crippen molar-refractivity contribution >= 4 is 16.1 Å². The Balaban J connectivity index is 2.82. The Hall–Kier alpha value is -0.660. The summed E-state index contributed by atoms with van der Waals surface area (Å²) in [6.07, 6.45) is 0. The monoisotopic (exact) mass is 235 g/mol. The molecule has 0 radical (unpaired) electrons. The second kappa shape index (κ2) is 4.46. The molecule has 1 aliphatic rings. The third kappa shape index (κ3) is 2.90. The van der Waals surface area contributed by atoms with Crippen LogP contribution >= 0.6 is 0 Å². The Morgan fingerprint density at radius 3 is 2.67 bits per heavy atom. The van der Waals surface area contributed by atoms with E-state index in [0.717, 1.165) is 0 Å². The van der Waals surface area contributed by atoms with Gasteiger partial charge in [-0.25, -0.2) is 0 Å². The Kier molecular flexibility index (Phi) is 3.69. The van der Waals surface area contributed by atoms with Crippen LogP contribution in [-0.2, 0) is 15.0 Å². The Labute approximate surface area is 90.2 Å². The molecule has 1 amide bonds. The van der Waals surface area contributed by atoms with Gasteiger partial charge < -0.3 is 5.32 Å². The minimum absolute atomic E-state index is 0.174. The zero-order chi connectivity index (χ0) is 11.6. The van der Waals surface area contributed by atoms with Crippen molar-refractivity contribution in [2.75, 3.05) is 13.1 Å². The predicted octanol–water partition coefficient (Wildman–Crippen LogP) is -0.950. The fraction of sp³-hybridized carbons (Fsp3) is 0.875. The number of hydrogen-bond acceptors (Lipinski definition) is 3. The fourth-order valence-electron chi connectivity index (χ4n) is 1.46. The molecule has 6 nitrogen and oxygen atoms in total. The van der Waals surface area contributed by atoms with E-state index >= 15 is 0 Å². The van der Waals surface area contributed by atoms with Gasteiger partial charge in [-0.1, -0.05) is 0 Å². The number of carbonyl (C=O) groups excluding carboxylic acids is 1. The second-order valence-electron chi connectivity index (χ2n) is 3.86. The van der Waals surface area contributed by atoms with Crippen molar-refractivity contribution < 1.29 is 13.2 Å². The Morgan fingerprint density at radius 2 is 2.13 bits per heavy atom. The van der Waals surface area contributed by atoms with Gasteiger partial charge in [-0.15, -0.1) is 0 Å². The number of nitrogens with one attached hydrogen (secondary N) is 2. The molecule has 0 aromatic carbocycles. The maximum atomic E-state index is 11.8. The lowest BCUT2D eigenvalue weighted by Crippen LogP contribution is -2.58. The van der Waals surface area contributed by atoms with E-state index in [1.807, 2.05) is 0 Å². The molecule has 1 heterocycles. The molecule has 1 aliphatic heterocycles. The Morgan fingerprint density at radius 1 is 1.53 bits per heavy atom. The lowest BCUT2D eigenvalue weighted by molar-refractivity contribution is -0.126. The highest BCUT2D eigenvalue weighted by atomic mass is 32.2. The van der Waals surface area contributed by atoms with Crippen LogP contribution < -0.4 is 10.0 Å². The van der Waals surface area contributed by atoms with E-state index in [4.69, 9.17) is 0 Å². The molecule has 88 valence electrons. The fourth-order valence-corrected chi connectivity index (χ4v) is 3.03. The van der Waals surface area contributed by atoms with Gasteiger partial charge >= 0.3 is 0 Å². The van der Waals surface area contributed by atoms with Gasteiger partial charge in [0.05, 0.1) is 0 Å². The van der Waals surface area contributed by atoms with Crippen LogP contribution in [0.25, 0.3) is 0 Å². The van der Waals surface area contributed by atoms with Crippen molar-refractivity contribution in [3.8, 4) is 0 Å². The van der Waals surface area contributed by atoms with E-state index in [9.17, 15) is 13.2 Å². The summed E-state index contributed by atoms with van der Waals surface area (Å²) in [5.41, 5.74) is 0. The largest absolute Gasteiger partial charge is 0.353 e. The lowest BCUT2D eigenvalue weighted by Gasteiger charge is -2.32. The predicted molar refractivity (Wildman–Crippen MR) is 56.4 cm³/mol. The molecule has 0 aromatic rings. The summed E-state index contributed by atoms with van der Waals surface area (Å²) in [6, 6.07) is -0.817. The number of carbonyl (C=O) groups is 1. The third-order valence-electron chi connectivity index (χ3n) is 2.14. The van der Waals surface area contributed by atoms with Crippen LogP contribution in [0, 0.1) is 0 Å². The van der Waals surface area contributed by atoms with Gasteiger partial charge in [0.25, 0.3) is 10.2 Å². The van der Waals surface area contributed by atoms with Gasteiger partial charge in [-0.2, -0.15) is 17.4 Å². The topological polar surface area (TPSA) is 78.5 Å². The zero-order valence-electron chi connectivity index (χ0n) is 9.15. The highest BCUT2D eigenvalue weighted by molar-refractivity contribution is 7.87. The van der Waals surface area contributed by atoms with E-state index in [0.29, 0.717) is 13.1 Å². The summed E-state index contributed by atoms with van der Waals surface area (Å²) in [7, 11) is -3.54. The molecule has 0 aliphatic carbocycles. The van der Waals surface area contributed by atoms with E-state index in [2.05, 4.69) is 10.0 Å². The number of hydrogen-bond donors (Lipinski definition) is 2. The average molecular weight is 235 g/mol. The molecule has 1 fully saturated rings. The van der Waals surface area contributed by atoms with Crippen LogP contribution in [0.5, 0.6) is 0 Å². The van der Waals surface area contributed by atoms with Crippen molar-refractivity contribution in [3.63, 3.8) is 0 Å². The van der Waals surface area contributed by atoms with Crippen LogP contribution in [0.2, 0.25) is 0 Å². The number of amides is 1. The van der Waals surface area contributed by atoms with Crippen LogP contribution in [0.1, 0.15) is 20.8 Å².